The molecular formula is C17H20FN3O7S. The zero-order valence-electron chi connectivity index (χ0n) is 15.7. The summed E-state index contributed by atoms with van der Waals surface area (Å²) in [6.45, 7) is 2.41. The summed E-state index contributed by atoms with van der Waals surface area (Å²) in [5, 5.41) is 4.75. The first-order valence-electron chi connectivity index (χ1n) is 8.52. The highest BCUT2D eigenvalue weighted by molar-refractivity contribution is 7.89. The molecule has 29 heavy (non-hydrogen) atoms. The van der Waals surface area contributed by atoms with Crippen molar-refractivity contribution in [1.82, 2.24) is 15.4 Å². The molecular weight excluding hydrogens is 409 g/mol. The molecule has 0 aromatic heterocycles. The number of carbonyl (C=O) groups excluding carboxylic acids is 3. The molecule has 1 unspecified atom stereocenters. The van der Waals surface area contributed by atoms with Crippen LogP contribution in [0.1, 0.15) is 13.8 Å². The zero-order chi connectivity index (χ0) is 21.6. The van der Waals surface area contributed by atoms with E-state index in [2.05, 4.69) is 15.4 Å². The second-order valence-corrected chi connectivity index (χ2v) is 7.60. The van der Waals surface area contributed by atoms with Crippen molar-refractivity contribution in [2.75, 3.05) is 19.8 Å². The summed E-state index contributed by atoms with van der Waals surface area (Å²) < 4.78 is 49.4. The molecule has 1 atom stereocenters. The second kappa shape index (κ2) is 9.47. The number of carbonyl (C=O) groups is 3. The van der Waals surface area contributed by atoms with E-state index in [0.717, 1.165) is 24.3 Å². The van der Waals surface area contributed by atoms with Gasteiger partial charge in [-0.2, -0.15) is 4.72 Å². The number of halogens is 1. The number of hydrogen-bond acceptors (Lipinski definition) is 7. The number of ether oxygens (including phenoxy) is 2. The van der Waals surface area contributed by atoms with Gasteiger partial charge in [0.1, 0.15) is 18.5 Å². The lowest BCUT2D eigenvalue weighted by molar-refractivity contribution is -0.145. The van der Waals surface area contributed by atoms with E-state index in [9.17, 15) is 27.2 Å². The molecule has 0 saturated heterocycles. The lowest BCUT2D eigenvalue weighted by atomic mass is 10.1. The minimum Gasteiger partial charge on any atom is -0.463 e. The van der Waals surface area contributed by atoms with Gasteiger partial charge in [-0.05, 0) is 38.1 Å². The molecule has 2 rings (SSSR count). The molecule has 2 amide bonds. The Labute approximate surface area is 166 Å². The minimum absolute atomic E-state index is 0.0362. The molecule has 0 radical (unpaired) electrons. The van der Waals surface area contributed by atoms with E-state index < -0.39 is 46.5 Å². The average molecular weight is 429 g/mol. The molecule has 10 nitrogen and oxygen atoms in total. The summed E-state index contributed by atoms with van der Waals surface area (Å²) in [7, 11) is -4.09. The molecule has 1 aliphatic heterocycles. The van der Waals surface area contributed by atoms with Crippen molar-refractivity contribution in [3.63, 3.8) is 0 Å². The lowest BCUT2D eigenvalue weighted by Gasteiger charge is -2.21. The van der Waals surface area contributed by atoms with Gasteiger partial charge in [0, 0.05) is 0 Å². The van der Waals surface area contributed by atoms with E-state index in [1.807, 2.05) is 0 Å². The third kappa shape index (κ3) is 5.99. The number of nitrogens with one attached hydrogen (secondary N) is 3. The number of rotatable bonds is 8. The van der Waals surface area contributed by atoms with Gasteiger partial charge in [-0.1, -0.05) is 0 Å². The van der Waals surface area contributed by atoms with Crippen molar-refractivity contribution in [2.45, 2.75) is 24.8 Å². The van der Waals surface area contributed by atoms with Gasteiger partial charge in [-0.25, -0.2) is 22.4 Å². The first kappa shape index (κ1) is 22.3. The highest BCUT2D eigenvalue weighted by atomic mass is 32.2. The number of esters is 2. The van der Waals surface area contributed by atoms with Crippen LogP contribution in [0.15, 0.2) is 40.4 Å². The smallest absolute Gasteiger partial charge is 0.337 e. The molecule has 1 aromatic rings. The Morgan fingerprint density at radius 3 is 2.52 bits per heavy atom. The molecule has 12 heteroatoms. The van der Waals surface area contributed by atoms with E-state index in [1.54, 1.807) is 6.92 Å². The summed E-state index contributed by atoms with van der Waals surface area (Å²) in [4.78, 5) is 35.3. The first-order chi connectivity index (χ1) is 13.6. The summed E-state index contributed by atoms with van der Waals surface area (Å²) >= 11 is 0. The summed E-state index contributed by atoms with van der Waals surface area (Å²) in [6, 6.07) is 2.18. The second-order valence-electron chi connectivity index (χ2n) is 5.89. The van der Waals surface area contributed by atoms with Crippen molar-refractivity contribution in [1.29, 1.82) is 0 Å². The Bertz CT molecular complexity index is 929. The van der Waals surface area contributed by atoms with Gasteiger partial charge in [-0.15, -0.1) is 0 Å². The highest BCUT2D eigenvalue weighted by Gasteiger charge is 2.27. The SMILES string of the molecule is CCOC(=O)C1=C(COC(=O)C(C)NS(=O)(=O)c2ccc(F)cc2)NC(=O)NC1. The predicted molar refractivity (Wildman–Crippen MR) is 97.3 cm³/mol. The lowest BCUT2D eigenvalue weighted by Crippen LogP contribution is -2.46. The maximum absolute atomic E-state index is 12.9. The summed E-state index contributed by atoms with van der Waals surface area (Å²) in [5.74, 6) is -2.23. The van der Waals surface area contributed by atoms with Crippen LogP contribution in [0.5, 0.6) is 0 Å². The van der Waals surface area contributed by atoms with E-state index >= 15 is 0 Å². The average Bonchev–Trinajstić information content (AvgIpc) is 2.66. The van der Waals surface area contributed by atoms with Crippen molar-refractivity contribution in [2.24, 2.45) is 0 Å². The van der Waals surface area contributed by atoms with Crippen LogP contribution >= 0.6 is 0 Å². The molecule has 0 bridgehead atoms. The van der Waals surface area contributed by atoms with Crippen LogP contribution in [0.3, 0.4) is 0 Å². The molecule has 0 saturated carbocycles. The zero-order valence-corrected chi connectivity index (χ0v) is 16.5. The molecule has 158 valence electrons. The van der Waals surface area contributed by atoms with Gasteiger partial charge < -0.3 is 20.1 Å². The van der Waals surface area contributed by atoms with Crippen LogP contribution in [-0.2, 0) is 29.1 Å². The fourth-order valence-corrected chi connectivity index (χ4v) is 3.49. The number of hydrogen-bond donors (Lipinski definition) is 3. The van der Waals surface area contributed by atoms with Crippen molar-refractivity contribution in [3.05, 3.63) is 41.4 Å². The van der Waals surface area contributed by atoms with Gasteiger partial charge in [0.25, 0.3) is 0 Å². The van der Waals surface area contributed by atoms with Crippen LogP contribution in [0.4, 0.5) is 9.18 Å². The molecule has 1 aromatic carbocycles. The van der Waals surface area contributed by atoms with Gasteiger partial charge >= 0.3 is 18.0 Å². The third-order valence-electron chi connectivity index (χ3n) is 3.74. The fourth-order valence-electron chi connectivity index (χ4n) is 2.30. The van der Waals surface area contributed by atoms with E-state index in [4.69, 9.17) is 9.47 Å². The molecule has 1 heterocycles. The molecule has 0 spiro atoms. The van der Waals surface area contributed by atoms with Crippen LogP contribution in [-0.4, -0.2) is 52.2 Å². The van der Waals surface area contributed by atoms with Crippen molar-refractivity contribution in [3.8, 4) is 0 Å². The van der Waals surface area contributed by atoms with Gasteiger partial charge in [0.05, 0.1) is 29.3 Å². The number of amides is 2. The van der Waals surface area contributed by atoms with Crippen molar-refractivity contribution >= 4 is 28.0 Å². The van der Waals surface area contributed by atoms with Crippen LogP contribution in [0.2, 0.25) is 0 Å². The van der Waals surface area contributed by atoms with E-state index in [0.29, 0.717) is 0 Å². The van der Waals surface area contributed by atoms with Crippen LogP contribution < -0.4 is 15.4 Å². The maximum Gasteiger partial charge on any atom is 0.337 e. The fraction of sp³-hybridized carbons (Fsp3) is 0.353. The Morgan fingerprint density at radius 2 is 1.90 bits per heavy atom. The first-order valence-corrected chi connectivity index (χ1v) is 10.0. The largest absolute Gasteiger partial charge is 0.463 e. The third-order valence-corrected chi connectivity index (χ3v) is 5.30. The predicted octanol–water partition coefficient (Wildman–Crippen LogP) is 0.166. The van der Waals surface area contributed by atoms with Crippen molar-refractivity contribution < 1.29 is 36.7 Å². The Morgan fingerprint density at radius 1 is 1.24 bits per heavy atom. The minimum atomic E-state index is -4.09. The summed E-state index contributed by atoms with van der Waals surface area (Å²) in [6.07, 6.45) is 0. The standard InChI is InChI=1S/C17H20FN3O7S/c1-3-27-16(23)13-8-19-17(24)20-14(13)9-28-15(22)10(2)21-29(25,26)12-6-4-11(18)5-7-12/h4-7,10,21H,3,8-9H2,1-2H3,(H2,19,20,24). The van der Waals surface area contributed by atoms with E-state index in [-0.39, 0.29) is 29.3 Å². The molecule has 1 aliphatic rings. The van der Waals surface area contributed by atoms with Crippen LogP contribution in [0.25, 0.3) is 0 Å². The Kier molecular flexibility index (Phi) is 7.29. The highest BCUT2D eigenvalue weighted by Crippen LogP contribution is 2.12. The normalized spacial score (nSPS) is 15.2. The molecule has 3 N–H and O–H groups in total. The van der Waals surface area contributed by atoms with Crippen LogP contribution in [0, 0.1) is 5.82 Å². The number of urea groups is 1. The maximum atomic E-state index is 12.9. The summed E-state index contributed by atoms with van der Waals surface area (Å²) in [5.41, 5.74) is 0.118. The van der Waals surface area contributed by atoms with Gasteiger partial charge in [0.2, 0.25) is 10.0 Å². The quantitative estimate of drug-likeness (QED) is 0.500. The van der Waals surface area contributed by atoms with Gasteiger partial charge in [0.15, 0.2) is 0 Å². The van der Waals surface area contributed by atoms with E-state index in [1.165, 1.54) is 6.92 Å². The molecule has 0 aliphatic carbocycles. The number of sulfonamides is 1. The molecule has 0 fully saturated rings. The Balaban J connectivity index is 2.03. The Hall–Kier alpha value is -2.99. The monoisotopic (exact) mass is 429 g/mol. The topological polar surface area (TPSA) is 140 Å². The van der Waals surface area contributed by atoms with Gasteiger partial charge in [-0.3, -0.25) is 4.79 Å². The number of benzene rings is 1.